The van der Waals surface area contributed by atoms with E-state index in [1.54, 1.807) is 18.4 Å². The number of benzene rings is 2. The molecular formula is C30H31F3N6O4. The number of piperazine rings is 1. The lowest BCUT2D eigenvalue weighted by Gasteiger charge is -2.34. The smallest absolute Gasteiger partial charge is 0.407 e. The highest BCUT2D eigenvalue weighted by Gasteiger charge is 2.35. The van der Waals surface area contributed by atoms with Crippen molar-refractivity contribution >= 4 is 28.7 Å². The predicted octanol–water partition coefficient (Wildman–Crippen LogP) is 4.99. The molecule has 2 aliphatic rings. The summed E-state index contributed by atoms with van der Waals surface area (Å²) in [5.41, 5.74) is 3.79. The molecule has 10 nitrogen and oxygen atoms in total. The van der Waals surface area contributed by atoms with Gasteiger partial charge < -0.3 is 24.2 Å². The zero-order valence-corrected chi connectivity index (χ0v) is 23.7. The molecule has 2 aromatic heterocycles. The van der Waals surface area contributed by atoms with Crippen molar-refractivity contribution in [2.45, 2.75) is 45.5 Å². The van der Waals surface area contributed by atoms with E-state index >= 15 is 0 Å². The minimum atomic E-state index is -2.81. The standard InChI is InChI=1S/C30H31F3N6O4/c1-3-43-29(40)27(26-24-12-19(31)14-38(24)16-34-26)39-15-23-22(28(32)33)13-21(17(2)25(23)35-39)18-4-6-20(7-5-18)36-8-10-37(11-9-36)30(41)42/h4-7,13,15-16,19,27-28H,3,8-12,14H2,1-2H3,(H,41,42)/t19-,27?/m1/s1. The Morgan fingerprint density at radius 1 is 1.14 bits per heavy atom. The van der Waals surface area contributed by atoms with Crippen LogP contribution < -0.4 is 4.90 Å². The summed E-state index contributed by atoms with van der Waals surface area (Å²) in [5.74, 6) is -0.657. The monoisotopic (exact) mass is 596 g/mol. The molecule has 4 heterocycles. The summed E-state index contributed by atoms with van der Waals surface area (Å²) in [6, 6.07) is 7.78. The number of nitrogens with zero attached hydrogens (tertiary/aromatic N) is 6. The zero-order valence-electron chi connectivity index (χ0n) is 23.7. The van der Waals surface area contributed by atoms with E-state index in [0.29, 0.717) is 59.8 Å². The van der Waals surface area contributed by atoms with E-state index in [4.69, 9.17) is 4.74 Å². The number of rotatable bonds is 7. The summed E-state index contributed by atoms with van der Waals surface area (Å²) in [6.07, 6.45) is -1.87. The molecule has 13 heteroatoms. The lowest BCUT2D eigenvalue weighted by atomic mass is 9.95. The third-order valence-corrected chi connectivity index (χ3v) is 8.25. The number of anilines is 1. The zero-order chi connectivity index (χ0) is 30.4. The Hall–Kier alpha value is -4.55. The van der Waals surface area contributed by atoms with Crippen LogP contribution in [0.5, 0.6) is 0 Å². The van der Waals surface area contributed by atoms with Gasteiger partial charge in [-0.05, 0) is 48.7 Å². The Morgan fingerprint density at radius 3 is 2.51 bits per heavy atom. The number of imidazole rings is 1. The number of esters is 1. The van der Waals surface area contributed by atoms with Crippen molar-refractivity contribution in [2.75, 3.05) is 37.7 Å². The van der Waals surface area contributed by atoms with Gasteiger partial charge in [0.25, 0.3) is 6.43 Å². The number of hydrogen-bond acceptors (Lipinski definition) is 6. The Balaban J connectivity index is 1.38. The van der Waals surface area contributed by atoms with E-state index in [1.807, 2.05) is 24.3 Å². The maximum absolute atomic E-state index is 14.5. The number of carboxylic acid groups (broad SMARTS) is 1. The third-order valence-electron chi connectivity index (χ3n) is 8.25. The number of carbonyl (C=O) groups is 2. The number of aryl methyl sites for hydroxylation is 1. The molecule has 226 valence electrons. The second-order valence-corrected chi connectivity index (χ2v) is 10.8. The first-order chi connectivity index (χ1) is 20.7. The number of amides is 1. The molecule has 1 N–H and O–H groups in total. The molecule has 0 aliphatic carbocycles. The van der Waals surface area contributed by atoms with Crippen LogP contribution in [0.3, 0.4) is 0 Å². The van der Waals surface area contributed by atoms with Crippen LogP contribution in [0, 0.1) is 6.92 Å². The molecule has 2 aliphatic heterocycles. The molecule has 0 bridgehead atoms. The normalized spacial score (nSPS) is 17.5. The van der Waals surface area contributed by atoms with Gasteiger partial charge in [0.2, 0.25) is 0 Å². The summed E-state index contributed by atoms with van der Waals surface area (Å²) in [7, 11) is 0. The van der Waals surface area contributed by atoms with Crippen LogP contribution >= 0.6 is 0 Å². The molecule has 1 amide bonds. The topological polar surface area (TPSA) is 106 Å². The number of alkyl halides is 3. The van der Waals surface area contributed by atoms with Crippen molar-refractivity contribution in [2.24, 2.45) is 0 Å². The molecule has 1 saturated heterocycles. The van der Waals surface area contributed by atoms with Crippen LogP contribution in [0.2, 0.25) is 0 Å². The minimum Gasteiger partial charge on any atom is -0.465 e. The molecule has 1 unspecified atom stereocenters. The first kappa shape index (κ1) is 28.6. The SMILES string of the molecule is CCOC(=O)C(c1ncn2c1C[C@@H](F)C2)n1cc2c(C(F)F)cc(-c3ccc(N4CCN(C(=O)O)CC4)cc3)c(C)c2n1. The van der Waals surface area contributed by atoms with Crippen molar-refractivity contribution in [3.05, 3.63) is 65.4 Å². The van der Waals surface area contributed by atoms with Crippen molar-refractivity contribution in [1.82, 2.24) is 24.2 Å². The van der Waals surface area contributed by atoms with Gasteiger partial charge in [-0.1, -0.05) is 12.1 Å². The number of ether oxygens (including phenoxy) is 1. The second kappa shape index (κ2) is 11.3. The van der Waals surface area contributed by atoms with Gasteiger partial charge in [0.05, 0.1) is 30.7 Å². The minimum absolute atomic E-state index is 0.0860. The molecule has 43 heavy (non-hydrogen) atoms. The first-order valence-electron chi connectivity index (χ1n) is 14.1. The van der Waals surface area contributed by atoms with Crippen LogP contribution in [-0.2, 0) is 22.5 Å². The summed E-state index contributed by atoms with van der Waals surface area (Å²) < 4.78 is 51.4. The van der Waals surface area contributed by atoms with Gasteiger partial charge in [0.15, 0.2) is 6.04 Å². The molecular weight excluding hydrogens is 565 g/mol. The van der Waals surface area contributed by atoms with E-state index in [9.17, 15) is 27.9 Å². The van der Waals surface area contributed by atoms with Crippen molar-refractivity contribution < 1.29 is 32.6 Å². The Morgan fingerprint density at radius 2 is 1.86 bits per heavy atom. The first-order valence-corrected chi connectivity index (χ1v) is 14.1. The highest BCUT2D eigenvalue weighted by Crippen LogP contribution is 2.38. The number of aromatic nitrogens is 4. The number of halogens is 3. The van der Waals surface area contributed by atoms with Crippen LogP contribution in [-0.4, -0.2) is 80.4 Å². The van der Waals surface area contributed by atoms with E-state index in [0.717, 1.165) is 5.69 Å². The molecule has 4 aromatic rings. The third kappa shape index (κ3) is 5.17. The van der Waals surface area contributed by atoms with Gasteiger partial charge in [-0.2, -0.15) is 5.10 Å². The molecule has 0 radical (unpaired) electrons. The predicted molar refractivity (Wildman–Crippen MR) is 152 cm³/mol. The Kier molecular flexibility index (Phi) is 7.49. The van der Waals surface area contributed by atoms with E-state index < -0.39 is 30.7 Å². The van der Waals surface area contributed by atoms with E-state index in [1.165, 1.54) is 28.2 Å². The average molecular weight is 597 g/mol. The fraction of sp³-hybridized carbons (Fsp3) is 0.400. The molecule has 2 aromatic carbocycles. The maximum Gasteiger partial charge on any atom is 0.407 e. The van der Waals surface area contributed by atoms with Crippen molar-refractivity contribution in [3.8, 4) is 11.1 Å². The summed E-state index contributed by atoms with van der Waals surface area (Å²) in [4.78, 5) is 32.3. The molecule has 1 fully saturated rings. The summed E-state index contributed by atoms with van der Waals surface area (Å²) >= 11 is 0. The van der Waals surface area contributed by atoms with Gasteiger partial charge >= 0.3 is 12.1 Å². The number of hydrogen-bond donors (Lipinski definition) is 1. The van der Waals surface area contributed by atoms with Gasteiger partial charge in [0, 0.05) is 61.1 Å². The van der Waals surface area contributed by atoms with Crippen molar-refractivity contribution in [1.29, 1.82) is 0 Å². The number of fused-ring (bicyclic) bond motifs is 2. The quantitative estimate of drug-likeness (QED) is 0.300. The lowest BCUT2D eigenvalue weighted by molar-refractivity contribution is -0.146. The average Bonchev–Trinajstić information content (AvgIpc) is 3.69. The molecule has 6 rings (SSSR count). The van der Waals surface area contributed by atoms with Crippen LogP contribution in [0.1, 0.15) is 41.9 Å². The fourth-order valence-electron chi connectivity index (χ4n) is 6.05. The van der Waals surface area contributed by atoms with Crippen LogP contribution in [0.15, 0.2) is 42.9 Å². The fourth-order valence-corrected chi connectivity index (χ4v) is 6.05. The van der Waals surface area contributed by atoms with Crippen molar-refractivity contribution in [3.63, 3.8) is 0 Å². The molecule has 0 spiro atoms. The Labute approximate surface area is 245 Å². The highest BCUT2D eigenvalue weighted by atomic mass is 19.3. The van der Waals surface area contributed by atoms with Gasteiger partial charge in [-0.15, -0.1) is 0 Å². The lowest BCUT2D eigenvalue weighted by Crippen LogP contribution is -2.48. The maximum atomic E-state index is 14.5. The second-order valence-electron chi connectivity index (χ2n) is 10.8. The molecule has 0 saturated carbocycles. The highest BCUT2D eigenvalue weighted by molar-refractivity contribution is 5.92. The van der Waals surface area contributed by atoms with Crippen LogP contribution in [0.25, 0.3) is 22.0 Å². The number of carbonyl (C=O) groups excluding carboxylic acids is 1. The summed E-state index contributed by atoms with van der Waals surface area (Å²) in [5, 5.41) is 14.0. The van der Waals surface area contributed by atoms with Crippen LogP contribution in [0.4, 0.5) is 23.7 Å². The van der Waals surface area contributed by atoms with Gasteiger partial charge in [-0.25, -0.2) is 27.7 Å². The van der Waals surface area contributed by atoms with Gasteiger partial charge in [-0.3, -0.25) is 4.68 Å². The molecule has 2 atom stereocenters. The summed E-state index contributed by atoms with van der Waals surface area (Å²) in [6.45, 7) is 5.59. The largest absolute Gasteiger partial charge is 0.465 e. The van der Waals surface area contributed by atoms with Gasteiger partial charge in [0.1, 0.15) is 6.17 Å². The van der Waals surface area contributed by atoms with E-state index in [-0.39, 0.29) is 30.5 Å². The Bertz CT molecular complexity index is 1680. The van der Waals surface area contributed by atoms with E-state index in [2.05, 4.69) is 15.0 Å².